The molecule has 0 heterocycles. The highest BCUT2D eigenvalue weighted by atomic mass is 16.3. The van der Waals surface area contributed by atoms with Crippen LogP contribution in [0.5, 0.6) is 0 Å². The second-order valence-electron chi connectivity index (χ2n) is 2.66. The van der Waals surface area contributed by atoms with Gasteiger partial charge in [0, 0.05) is 68.1 Å². The SMILES string of the molecule is CCCCO.CCO.CCO.CCO.CCO.CCO.CO.CO.CO.CO. The van der Waals surface area contributed by atoms with Crippen LogP contribution in [0.2, 0.25) is 0 Å². The molecule has 0 aliphatic rings. The number of hydrogen-bond acceptors (Lipinski definition) is 10. The topological polar surface area (TPSA) is 202 Å². The Labute approximate surface area is 174 Å². The van der Waals surface area contributed by atoms with Gasteiger partial charge in [0.25, 0.3) is 0 Å². The molecule has 0 unspecified atom stereocenters. The van der Waals surface area contributed by atoms with Crippen molar-refractivity contribution in [3.05, 3.63) is 0 Å². The van der Waals surface area contributed by atoms with Crippen molar-refractivity contribution in [2.75, 3.05) is 68.1 Å². The molecule has 0 aromatic heterocycles. The fraction of sp³-hybridized carbons (Fsp3) is 1.00. The molecule has 0 amide bonds. The van der Waals surface area contributed by atoms with E-state index >= 15 is 0 Å². The summed E-state index contributed by atoms with van der Waals surface area (Å²) in [6, 6.07) is 0. The number of aliphatic hydroxyl groups is 10. The van der Waals surface area contributed by atoms with Gasteiger partial charge >= 0.3 is 0 Å². The van der Waals surface area contributed by atoms with Crippen LogP contribution in [0, 0.1) is 0 Å². The maximum atomic E-state index is 8.07. The van der Waals surface area contributed by atoms with Crippen LogP contribution in [0.25, 0.3) is 0 Å². The molecule has 0 bridgehead atoms. The van der Waals surface area contributed by atoms with E-state index in [9.17, 15) is 0 Å². The molecular formula is C18H56O10. The predicted molar refractivity (Wildman–Crippen MR) is 118 cm³/mol. The van der Waals surface area contributed by atoms with E-state index in [0.29, 0.717) is 6.61 Å². The summed E-state index contributed by atoms with van der Waals surface area (Å²) in [5.74, 6) is 0. The molecule has 0 fully saturated rings. The molecule has 0 aromatic carbocycles. The summed E-state index contributed by atoms with van der Waals surface area (Å²) in [6.45, 7) is 12.0. The van der Waals surface area contributed by atoms with Crippen molar-refractivity contribution < 1.29 is 51.1 Å². The largest absolute Gasteiger partial charge is 0.400 e. The highest BCUT2D eigenvalue weighted by Gasteiger charge is 1.69. The lowest BCUT2D eigenvalue weighted by Crippen LogP contribution is -1.75. The molecule has 10 heteroatoms. The van der Waals surface area contributed by atoms with Crippen molar-refractivity contribution in [3.8, 4) is 0 Å². The van der Waals surface area contributed by atoms with E-state index in [1.165, 1.54) is 0 Å². The smallest absolute Gasteiger partial charge is 0.0430 e. The van der Waals surface area contributed by atoms with Gasteiger partial charge in [-0.3, -0.25) is 0 Å². The van der Waals surface area contributed by atoms with E-state index in [0.717, 1.165) is 41.3 Å². The van der Waals surface area contributed by atoms with Crippen LogP contribution >= 0.6 is 0 Å². The second kappa shape index (κ2) is 302. The third kappa shape index (κ3) is 6050. The molecule has 10 N–H and O–H groups in total. The Kier molecular flexibility index (Phi) is 680. The van der Waals surface area contributed by atoms with Crippen molar-refractivity contribution >= 4 is 0 Å². The maximum Gasteiger partial charge on any atom is 0.0430 e. The van der Waals surface area contributed by atoms with Gasteiger partial charge in [0.15, 0.2) is 0 Å². The lowest BCUT2D eigenvalue weighted by atomic mass is 10.4. The minimum Gasteiger partial charge on any atom is -0.400 e. The summed E-state index contributed by atoms with van der Waals surface area (Å²) in [5, 5.41) is 73.9. The number of unbranched alkanes of at least 4 members (excludes halogenated alkanes) is 1. The number of aliphatic hydroxyl groups excluding tert-OH is 10. The summed E-state index contributed by atoms with van der Waals surface area (Å²) >= 11 is 0. The Morgan fingerprint density at radius 1 is 0.357 bits per heavy atom. The fourth-order valence-electron chi connectivity index (χ4n) is 0.158. The first kappa shape index (κ1) is 63.0. The van der Waals surface area contributed by atoms with E-state index in [2.05, 4.69) is 6.92 Å². The van der Waals surface area contributed by atoms with Gasteiger partial charge in [0.2, 0.25) is 0 Å². The Bertz CT molecular complexity index is 60.7. The second-order valence-corrected chi connectivity index (χ2v) is 2.66. The van der Waals surface area contributed by atoms with Gasteiger partial charge in [-0.2, -0.15) is 0 Å². The van der Waals surface area contributed by atoms with Crippen LogP contribution < -0.4 is 0 Å². The minimum absolute atomic E-state index is 0.250. The molecule has 0 atom stereocenters. The van der Waals surface area contributed by atoms with Crippen LogP contribution in [0.3, 0.4) is 0 Å². The summed E-state index contributed by atoms with van der Waals surface area (Å²) in [7, 11) is 4.00. The molecule has 0 spiro atoms. The molecule has 0 aliphatic carbocycles. The molecule has 0 saturated carbocycles. The van der Waals surface area contributed by atoms with Crippen molar-refractivity contribution in [1.29, 1.82) is 0 Å². The third-order valence-corrected chi connectivity index (χ3v) is 0.512. The van der Waals surface area contributed by atoms with Crippen LogP contribution in [0.1, 0.15) is 54.4 Å². The molecule has 0 rings (SSSR count). The molecule has 0 aromatic rings. The van der Waals surface area contributed by atoms with E-state index in [1.807, 2.05) is 0 Å². The summed E-state index contributed by atoms with van der Waals surface area (Å²) in [4.78, 5) is 0. The first-order valence-electron chi connectivity index (χ1n) is 8.93. The summed E-state index contributed by atoms with van der Waals surface area (Å²) in [5.41, 5.74) is 0. The van der Waals surface area contributed by atoms with Crippen LogP contribution in [0.4, 0.5) is 0 Å². The van der Waals surface area contributed by atoms with E-state index in [1.54, 1.807) is 34.6 Å². The van der Waals surface area contributed by atoms with Gasteiger partial charge in [-0.15, -0.1) is 0 Å². The Hall–Kier alpha value is -0.400. The highest BCUT2D eigenvalue weighted by molar-refractivity contribution is 4.23. The van der Waals surface area contributed by atoms with Crippen LogP contribution in [-0.2, 0) is 0 Å². The Morgan fingerprint density at radius 3 is 0.464 bits per heavy atom. The van der Waals surface area contributed by atoms with Crippen LogP contribution in [0.15, 0.2) is 0 Å². The molecule has 0 radical (unpaired) electrons. The van der Waals surface area contributed by atoms with Crippen LogP contribution in [-0.4, -0.2) is 119 Å². The highest BCUT2D eigenvalue weighted by Crippen LogP contribution is 1.78. The van der Waals surface area contributed by atoms with Gasteiger partial charge in [0.1, 0.15) is 0 Å². The van der Waals surface area contributed by atoms with Gasteiger partial charge in [0.05, 0.1) is 0 Å². The lowest BCUT2D eigenvalue weighted by molar-refractivity contribution is 0.287. The molecule has 0 saturated heterocycles. The molecule has 28 heavy (non-hydrogen) atoms. The van der Waals surface area contributed by atoms with E-state index in [-0.39, 0.29) is 33.0 Å². The third-order valence-electron chi connectivity index (χ3n) is 0.512. The average Bonchev–Trinajstić information content (AvgIpc) is 2.72. The van der Waals surface area contributed by atoms with E-state index in [4.69, 9.17) is 51.1 Å². The van der Waals surface area contributed by atoms with Gasteiger partial charge in [-0.1, -0.05) is 13.3 Å². The van der Waals surface area contributed by atoms with Crippen molar-refractivity contribution in [2.45, 2.75) is 54.4 Å². The Balaban J connectivity index is -0.0000000164. The number of rotatable bonds is 2. The quantitative estimate of drug-likeness (QED) is 0.263. The number of hydrogen-bond donors (Lipinski definition) is 10. The normalized spacial score (nSPS) is 5.57. The van der Waals surface area contributed by atoms with Crippen molar-refractivity contribution in [2.24, 2.45) is 0 Å². The average molecular weight is 433 g/mol. The molecule has 10 nitrogen and oxygen atoms in total. The summed E-state index contributed by atoms with van der Waals surface area (Å²) < 4.78 is 0. The molecule has 188 valence electrons. The van der Waals surface area contributed by atoms with E-state index < -0.39 is 0 Å². The van der Waals surface area contributed by atoms with Crippen molar-refractivity contribution in [1.82, 2.24) is 0 Å². The molecular weight excluding hydrogens is 376 g/mol. The van der Waals surface area contributed by atoms with Gasteiger partial charge in [-0.05, 0) is 41.0 Å². The predicted octanol–water partition coefficient (Wildman–Crippen LogP) is -0.794. The summed E-state index contributed by atoms with van der Waals surface area (Å²) in [6.07, 6.45) is 2.04. The monoisotopic (exact) mass is 432 g/mol. The minimum atomic E-state index is 0.250. The zero-order valence-corrected chi connectivity index (χ0v) is 20.1. The first-order valence-corrected chi connectivity index (χ1v) is 8.93. The zero-order valence-electron chi connectivity index (χ0n) is 20.1. The van der Waals surface area contributed by atoms with Gasteiger partial charge in [-0.25, -0.2) is 0 Å². The maximum absolute atomic E-state index is 8.07. The standard InChI is InChI=1S/C4H10O.5C2H6O.4CH4O/c1-2-3-4-5;5*1-2-3;4*1-2/h5H,2-4H2,1H3;5*3H,2H2,1H3;4*2H,1H3. The zero-order chi connectivity index (χ0) is 25.7. The molecule has 0 aliphatic heterocycles. The van der Waals surface area contributed by atoms with Crippen molar-refractivity contribution in [3.63, 3.8) is 0 Å². The Morgan fingerprint density at radius 2 is 0.464 bits per heavy atom. The first-order chi connectivity index (χ1) is 13.5. The van der Waals surface area contributed by atoms with Gasteiger partial charge < -0.3 is 51.1 Å². The fourth-order valence-corrected chi connectivity index (χ4v) is 0.158. The lowest BCUT2D eigenvalue weighted by Gasteiger charge is -1.79.